The Kier molecular flexibility index (Phi) is 5.45. The second kappa shape index (κ2) is 7.80. The molecule has 0 unspecified atom stereocenters. The molecule has 2 N–H and O–H groups in total. The zero-order valence-electron chi connectivity index (χ0n) is 17.0. The molecule has 1 amide bonds. The topological polar surface area (TPSA) is 66.9 Å². The summed E-state index contributed by atoms with van der Waals surface area (Å²) in [5, 5.41) is 6.06. The van der Waals surface area contributed by atoms with Crippen LogP contribution in [0.5, 0.6) is 0 Å². The van der Waals surface area contributed by atoms with Crippen LogP contribution in [0.1, 0.15) is 48.1 Å². The van der Waals surface area contributed by atoms with Crippen molar-refractivity contribution in [3.63, 3.8) is 0 Å². The van der Waals surface area contributed by atoms with E-state index in [1.165, 1.54) is 5.56 Å². The van der Waals surface area contributed by atoms with Gasteiger partial charge in [0.2, 0.25) is 5.95 Å². The van der Waals surface area contributed by atoms with Crippen LogP contribution in [0.4, 0.5) is 17.3 Å². The molecule has 0 saturated carbocycles. The second-order valence-corrected chi connectivity index (χ2v) is 7.99. The van der Waals surface area contributed by atoms with Crippen molar-refractivity contribution in [2.24, 2.45) is 0 Å². The lowest BCUT2D eigenvalue weighted by atomic mass is 9.87. The van der Waals surface area contributed by atoms with E-state index in [1.807, 2.05) is 50.2 Å². The van der Waals surface area contributed by atoms with Gasteiger partial charge in [0.15, 0.2) is 0 Å². The molecule has 3 rings (SSSR count). The monoisotopic (exact) mass is 374 g/mol. The van der Waals surface area contributed by atoms with E-state index in [-0.39, 0.29) is 11.3 Å². The normalized spacial score (nSPS) is 11.2. The van der Waals surface area contributed by atoms with Gasteiger partial charge in [0, 0.05) is 17.1 Å². The van der Waals surface area contributed by atoms with E-state index in [0.717, 1.165) is 22.6 Å². The second-order valence-electron chi connectivity index (χ2n) is 7.99. The summed E-state index contributed by atoms with van der Waals surface area (Å²) >= 11 is 0. The first kappa shape index (κ1) is 19.5. The molecule has 3 aromatic rings. The van der Waals surface area contributed by atoms with Crippen LogP contribution >= 0.6 is 0 Å². The number of hydrogen-bond donors (Lipinski definition) is 2. The van der Waals surface area contributed by atoms with Crippen LogP contribution in [0.2, 0.25) is 0 Å². The van der Waals surface area contributed by atoms with Crippen LogP contribution in [0.3, 0.4) is 0 Å². The largest absolute Gasteiger partial charge is 0.324 e. The summed E-state index contributed by atoms with van der Waals surface area (Å²) in [4.78, 5) is 21.4. The summed E-state index contributed by atoms with van der Waals surface area (Å²) in [7, 11) is 0. The number of nitrogens with zero attached hydrogens (tertiary/aromatic N) is 2. The molecule has 0 atom stereocenters. The van der Waals surface area contributed by atoms with Crippen molar-refractivity contribution < 1.29 is 4.79 Å². The molecule has 0 aliphatic heterocycles. The molecule has 0 aliphatic carbocycles. The molecule has 5 heteroatoms. The summed E-state index contributed by atoms with van der Waals surface area (Å²) in [5.41, 5.74) is 5.14. The van der Waals surface area contributed by atoms with Crippen LogP contribution in [0, 0.1) is 13.8 Å². The van der Waals surface area contributed by atoms with E-state index in [2.05, 4.69) is 53.5 Å². The molecule has 0 spiro atoms. The van der Waals surface area contributed by atoms with Crippen molar-refractivity contribution in [3.8, 4) is 0 Å². The first-order chi connectivity index (χ1) is 13.2. The molecule has 0 bridgehead atoms. The Hall–Kier alpha value is -3.21. The van der Waals surface area contributed by atoms with Gasteiger partial charge < -0.3 is 10.6 Å². The third-order valence-corrected chi connectivity index (χ3v) is 4.40. The highest BCUT2D eigenvalue weighted by Gasteiger charge is 2.14. The minimum Gasteiger partial charge on any atom is -0.324 e. The standard InChI is InChI=1S/C23H26N4O/c1-15-6-10-18(11-7-15)25-21(28)20-14-16(2)24-22(27-20)26-19-12-8-17(9-13-19)23(3,4)5/h6-14H,1-5H3,(H,25,28)(H,24,26,27). The fourth-order valence-corrected chi connectivity index (χ4v) is 2.76. The van der Waals surface area contributed by atoms with Gasteiger partial charge in [0.1, 0.15) is 5.69 Å². The Labute approximate surface area is 166 Å². The number of anilines is 3. The van der Waals surface area contributed by atoms with Gasteiger partial charge in [-0.25, -0.2) is 9.97 Å². The molecular weight excluding hydrogens is 348 g/mol. The van der Waals surface area contributed by atoms with Gasteiger partial charge in [0.25, 0.3) is 5.91 Å². The Balaban J connectivity index is 1.77. The fourth-order valence-electron chi connectivity index (χ4n) is 2.76. The van der Waals surface area contributed by atoms with Crippen molar-refractivity contribution in [3.05, 3.63) is 77.1 Å². The predicted molar refractivity (Wildman–Crippen MR) is 114 cm³/mol. The average molecular weight is 374 g/mol. The van der Waals surface area contributed by atoms with E-state index in [4.69, 9.17) is 0 Å². The quantitative estimate of drug-likeness (QED) is 0.643. The summed E-state index contributed by atoms with van der Waals surface area (Å²) in [6.45, 7) is 10.4. The zero-order chi connectivity index (χ0) is 20.3. The number of aryl methyl sites for hydroxylation is 2. The van der Waals surface area contributed by atoms with E-state index >= 15 is 0 Å². The maximum atomic E-state index is 12.6. The van der Waals surface area contributed by atoms with Gasteiger partial charge >= 0.3 is 0 Å². The summed E-state index contributed by atoms with van der Waals surface area (Å²) in [6.07, 6.45) is 0. The van der Waals surface area contributed by atoms with Crippen LogP contribution in [0.25, 0.3) is 0 Å². The van der Waals surface area contributed by atoms with Crippen LogP contribution in [0.15, 0.2) is 54.6 Å². The lowest BCUT2D eigenvalue weighted by molar-refractivity contribution is 0.102. The summed E-state index contributed by atoms with van der Waals surface area (Å²) in [5.74, 6) is 0.137. The first-order valence-electron chi connectivity index (χ1n) is 9.32. The Morgan fingerprint density at radius 1 is 0.857 bits per heavy atom. The molecule has 1 heterocycles. The molecular formula is C23H26N4O. The molecule has 2 aromatic carbocycles. The molecule has 0 radical (unpaired) electrons. The van der Waals surface area contributed by atoms with E-state index in [0.29, 0.717) is 11.6 Å². The van der Waals surface area contributed by atoms with Crippen LogP contribution in [-0.4, -0.2) is 15.9 Å². The predicted octanol–water partition coefficient (Wildman–Crippen LogP) is 5.39. The molecule has 144 valence electrons. The summed E-state index contributed by atoms with van der Waals surface area (Å²) < 4.78 is 0. The van der Waals surface area contributed by atoms with Crippen LogP contribution < -0.4 is 10.6 Å². The van der Waals surface area contributed by atoms with Gasteiger partial charge in [-0.2, -0.15) is 0 Å². The highest BCUT2D eigenvalue weighted by molar-refractivity contribution is 6.03. The number of rotatable bonds is 4. The van der Waals surface area contributed by atoms with Gasteiger partial charge in [0.05, 0.1) is 0 Å². The number of benzene rings is 2. The number of amides is 1. The third kappa shape index (κ3) is 4.94. The highest BCUT2D eigenvalue weighted by Crippen LogP contribution is 2.24. The Morgan fingerprint density at radius 3 is 2.07 bits per heavy atom. The minimum atomic E-state index is -0.263. The maximum absolute atomic E-state index is 12.6. The number of aromatic nitrogens is 2. The van der Waals surface area contributed by atoms with Gasteiger partial charge in [-0.3, -0.25) is 4.79 Å². The third-order valence-electron chi connectivity index (χ3n) is 4.40. The van der Waals surface area contributed by atoms with E-state index in [9.17, 15) is 4.79 Å². The maximum Gasteiger partial charge on any atom is 0.274 e. The molecule has 0 saturated heterocycles. The van der Waals surface area contributed by atoms with Crippen molar-refractivity contribution in [2.45, 2.75) is 40.0 Å². The summed E-state index contributed by atoms with van der Waals surface area (Å²) in [6, 6.07) is 17.5. The average Bonchev–Trinajstić information content (AvgIpc) is 2.63. The number of carbonyl (C=O) groups excluding carboxylic acids is 1. The van der Waals surface area contributed by atoms with E-state index in [1.54, 1.807) is 6.07 Å². The number of hydrogen-bond acceptors (Lipinski definition) is 4. The van der Waals surface area contributed by atoms with E-state index < -0.39 is 0 Å². The molecule has 5 nitrogen and oxygen atoms in total. The molecule has 28 heavy (non-hydrogen) atoms. The lowest BCUT2D eigenvalue weighted by Gasteiger charge is -2.19. The first-order valence-corrected chi connectivity index (χ1v) is 9.32. The van der Waals surface area contributed by atoms with Gasteiger partial charge in [-0.15, -0.1) is 0 Å². The van der Waals surface area contributed by atoms with Crippen molar-refractivity contribution in [1.29, 1.82) is 0 Å². The SMILES string of the molecule is Cc1ccc(NC(=O)c2cc(C)nc(Nc3ccc(C(C)(C)C)cc3)n2)cc1. The minimum absolute atomic E-state index is 0.0968. The Bertz CT molecular complexity index is 971. The van der Waals surface area contributed by atoms with Gasteiger partial charge in [-0.05, 0) is 55.2 Å². The van der Waals surface area contributed by atoms with Crippen molar-refractivity contribution >= 4 is 23.2 Å². The molecule has 1 aromatic heterocycles. The smallest absolute Gasteiger partial charge is 0.274 e. The Morgan fingerprint density at radius 2 is 1.46 bits per heavy atom. The molecule has 0 aliphatic rings. The van der Waals surface area contributed by atoms with Crippen LogP contribution in [-0.2, 0) is 5.41 Å². The fraction of sp³-hybridized carbons (Fsp3) is 0.261. The highest BCUT2D eigenvalue weighted by atomic mass is 16.1. The zero-order valence-corrected chi connectivity index (χ0v) is 17.0. The van der Waals surface area contributed by atoms with Crippen molar-refractivity contribution in [1.82, 2.24) is 9.97 Å². The lowest BCUT2D eigenvalue weighted by Crippen LogP contribution is -2.15. The van der Waals surface area contributed by atoms with Crippen molar-refractivity contribution in [2.75, 3.05) is 10.6 Å². The molecule has 0 fully saturated rings. The van der Waals surface area contributed by atoms with Gasteiger partial charge in [-0.1, -0.05) is 50.6 Å². The number of carbonyl (C=O) groups is 1. The number of nitrogens with one attached hydrogen (secondary N) is 2.